The third-order valence-electron chi connectivity index (χ3n) is 3.42. The Morgan fingerprint density at radius 3 is 3.24 bits per heavy atom. The molecule has 0 bridgehead atoms. The molecule has 1 unspecified atom stereocenters. The number of rotatable bonds is 4. The van der Waals surface area contributed by atoms with Gasteiger partial charge in [0.25, 0.3) is 5.91 Å². The van der Waals surface area contributed by atoms with Gasteiger partial charge in [-0.05, 0) is 25.1 Å². The second-order valence-corrected chi connectivity index (χ2v) is 5.76. The van der Waals surface area contributed by atoms with Gasteiger partial charge in [0.15, 0.2) is 0 Å². The van der Waals surface area contributed by atoms with Crippen LogP contribution < -0.4 is 10.6 Å². The summed E-state index contributed by atoms with van der Waals surface area (Å²) in [6.45, 7) is 1.96. The number of carbonyl (C=O) groups is 1. The van der Waals surface area contributed by atoms with Crippen molar-refractivity contribution < 1.29 is 9.18 Å². The number of nitrogens with one attached hydrogen (secondary N) is 2. The Balaban J connectivity index is 1.62. The number of halogens is 1. The van der Waals surface area contributed by atoms with Crippen molar-refractivity contribution in [1.82, 2.24) is 20.6 Å². The van der Waals surface area contributed by atoms with Crippen LogP contribution in [0.15, 0.2) is 23.7 Å². The molecule has 3 rings (SSSR count). The summed E-state index contributed by atoms with van der Waals surface area (Å²) in [7, 11) is 0. The predicted octanol–water partition coefficient (Wildman–Crippen LogP) is 1.68. The Labute approximate surface area is 125 Å². The Kier molecular flexibility index (Phi) is 4.21. The van der Waals surface area contributed by atoms with E-state index in [4.69, 9.17) is 0 Å². The molecule has 1 aliphatic rings. The summed E-state index contributed by atoms with van der Waals surface area (Å²) in [4.78, 5) is 20.3. The first kappa shape index (κ1) is 14.1. The zero-order valence-electron chi connectivity index (χ0n) is 11.3. The summed E-state index contributed by atoms with van der Waals surface area (Å²) in [5, 5.41) is 8.65. The number of hydrogen-bond donors (Lipinski definition) is 2. The van der Waals surface area contributed by atoms with Crippen LogP contribution in [0.25, 0.3) is 0 Å². The van der Waals surface area contributed by atoms with Crippen LogP contribution in [-0.2, 0) is 6.54 Å². The van der Waals surface area contributed by atoms with E-state index in [-0.39, 0.29) is 18.1 Å². The van der Waals surface area contributed by atoms with Gasteiger partial charge in [-0.25, -0.2) is 9.37 Å². The number of pyridine rings is 1. The molecule has 0 aliphatic carbocycles. The van der Waals surface area contributed by atoms with Crippen molar-refractivity contribution in [1.29, 1.82) is 0 Å². The van der Waals surface area contributed by atoms with Crippen LogP contribution >= 0.6 is 11.3 Å². The lowest BCUT2D eigenvalue weighted by Crippen LogP contribution is -2.24. The topological polar surface area (TPSA) is 66.9 Å². The molecule has 0 aromatic carbocycles. The molecule has 0 saturated carbocycles. The van der Waals surface area contributed by atoms with E-state index >= 15 is 0 Å². The van der Waals surface area contributed by atoms with Crippen LogP contribution in [0.4, 0.5) is 4.39 Å². The summed E-state index contributed by atoms with van der Waals surface area (Å²) in [5.74, 6) is -0.327. The fourth-order valence-corrected chi connectivity index (χ4v) is 3.18. The van der Waals surface area contributed by atoms with Crippen LogP contribution in [0.3, 0.4) is 0 Å². The highest BCUT2D eigenvalue weighted by molar-refractivity contribution is 7.09. The highest BCUT2D eigenvalue weighted by atomic mass is 32.1. The molecule has 0 radical (unpaired) electrons. The largest absolute Gasteiger partial charge is 0.345 e. The van der Waals surface area contributed by atoms with E-state index in [1.807, 2.05) is 0 Å². The van der Waals surface area contributed by atoms with E-state index in [2.05, 4.69) is 20.6 Å². The van der Waals surface area contributed by atoms with E-state index in [0.29, 0.717) is 11.6 Å². The van der Waals surface area contributed by atoms with Gasteiger partial charge in [0.2, 0.25) is 0 Å². The lowest BCUT2D eigenvalue weighted by atomic mass is 10.1. The molecule has 0 spiro atoms. The first-order valence-corrected chi connectivity index (χ1v) is 7.66. The minimum Gasteiger partial charge on any atom is -0.345 e. The Morgan fingerprint density at radius 2 is 2.48 bits per heavy atom. The quantitative estimate of drug-likeness (QED) is 0.902. The van der Waals surface area contributed by atoms with E-state index in [9.17, 15) is 9.18 Å². The zero-order valence-corrected chi connectivity index (χ0v) is 12.1. The van der Waals surface area contributed by atoms with Crippen molar-refractivity contribution in [2.45, 2.75) is 18.9 Å². The second kappa shape index (κ2) is 6.28. The molecule has 5 nitrogen and oxygen atoms in total. The van der Waals surface area contributed by atoms with Gasteiger partial charge in [-0.15, -0.1) is 11.3 Å². The summed E-state index contributed by atoms with van der Waals surface area (Å²) in [6.07, 6.45) is 2.55. The second-order valence-electron chi connectivity index (χ2n) is 4.88. The van der Waals surface area contributed by atoms with E-state index in [0.717, 1.165) is 24.5 Å². The lowest BCUT2D eigenvalue weighted by Gasteiger charge is -2.04. The molecule has 1 aliphatic heterocycles. The molecule has 2 aromatic rings. The van der Waals surface area contributed by atoms with Crippen molar-refractivity contribution in [3.8, 4) is 0 Å². The third-order valence-corrected chi connectivity index (χ3v) is 4.42. The van der Waals surface area contributed by atoms with Crippen LogP contribution in [-0.4, -0.2) is 29.0 Å². The first-order chi connectivity index (χ1) is 10.2. The highest BCUT2D eigenvalue weighted by Gasteiger charge is 2.21. The van der Waals surface area contributed by atoms with Gasteiger partial charge in [-0.3, -0.25) is 9.78 Å². The van der Waals surface area contributed by atoms with Gasteiger partial charge < -0.3 is 10.6 Å². The molecule has 1 saturated heterocycles. The molecule has 2 aromatic heterocycles. The number of amides is 1. The monoisotopic (exact) mass is 306 g/mol. The molecule has 1 atom stereocenters. The fourth-order valence-electron chi connectivity index (χ4n) is 2.25. The lowest BCUT2D eigenvalue weighted by molar-refractivity contribution is 0.0945. The summed E-state index contributed by atoms with van der Waals surface area (Å²) >= 11 is 1.50. The number of carbonyl (C=O) groups excluding carboxylic acids is 1. The zero-order chi connectivity index (χ0) is 14.7. The maximum absolute atomic E-state index is 13.4. The van der Waals surface area contributed by atoms with Crippen molar-refractivity contribution in [2.75, 3.05) is 13.1 Å². The fraction of sp³-hybridized carbons (Fsp3) is 0.357. The molecular formula is C14H15FN4OS. The average molecular weight is 306 g/mol. The van der Waals surface area contributed by atoms with Crippen LogP contribution in [0.2, 0.25) is 0 Å². The molecule has 21 heavy (non-hydrogen) atoms. The molecule has 2 N–H and O–H groups in total. The van der Waals surface area contributed by atoms with Gasteiger partial charge in [-0.1, -0.05) is 0 Å². The van der Waals surface area contributed by atoms with Gasteiger partial charge in [0.05, 0.1) is 17.2 Å². The Hall–Kier alpha value is -1.86. The van der Waals surface area contributed by atoms with Gasteiger partial charge in [-0.2, -0.15) is 0 Å². The SMILES string of the molecule is O=C(NCc1ncccc1F)c1csc(C2CCNC2)n1. The average Bonchev–Trinajstić information content (AvgIpc) is 3.16. The smallest absolute Gasteiger partial charge is 0.271 e. The molecule has 110 valence electrons. The van der Waals surface area contributed by atoms with E-state index in [1.165, 1.54) is 29.7 Å². The van der Waals surface area contributed by atoms with Crippen molar-refractivity contribution in [3.63, 3.8) is 0 Å². The van der Waals surface area contributed by atoms with Crippen molar-refractivity contribution in [3.05, 3.63) is 45.9 Å². The van der Waals surface area contributed by atoms with E-state index < -0.39 is 5.82 Å². The molecule has 3 heterocycles. The maximum Gasteiger partial charge on any atom is 0.271 e. The predicted molar refractivity (Wildman–Crippen MR) is 77.7 cm³/mol. The van der Waals surface area contributed by atoms with Gasteiger partial charge >= 0.3 is 0 Å². The number of hydrogen-bond acceptors (Lipinski definition) is 5. The van der Waals surface area contributed by atoms with Crippen molar-refractivity contribution in [2.24, 2.45) is 0 Å². The summed E-state index contributed by atoms with van der Waals surface area (Å²) in [5.41, 5.74) is 0.611. The maximum atomic E-state index is 13.4. The Morgan fingerprint density at radius 1 is 1.57 bits per heavy atom. The standard InChI is InChI=1S/C14H15FN4OS/c15-10-2-1-4-17-11(10)7-18-13(20)12-8-21-14(19-12)9-3-5-16-6-9/h1-2,4,8-9,16H,3,5-7H2,(H,18,20). The molecular weight excluding hydrogens is 291 g/mol. The molecule has 1 fully saturated rings. The van der Waals surface area contributed by atoms with Gasteiger partial charge in [0, 0.05) is 24.0 Å². The minimum absolute atomic E-state index is 0.0589. The Bertz CT molecular complexity index is 639. The van der Waals surface area contributed by atoms with Crippen molar-refractivity contribution >= 4 is 17.2 Å². The first-order valence-electron chi connectivity index (χ1n) is 6.78. The van der Waals surface area contributed by atoms with Crippen LogP contribution in [0.5, 0.6) is 0 Å². The highest BCUT2D eigenvalue weighted by Crippen LogP contribution is 2.25. The van der Waals surface area contributed by atoms with Crippen LogP contribution in [0, 0.1) is 5.82 Å². The van der Waals surface area contributed by atoms with Crippen LogP contribution in [0.1, 0.15) is 33.5 Å². The normalized spacial score (nSPS) is 17.9. The summed E-state index contributed by atoms with van der Waals surface area (Å²) < 4.78 is 13.4. The number of nitrogens with zero attached hydrogens (tertiary/aromatic N) is 2. The van der Waals surface area contributed by atoms with E-state index in [1.54, 1.807) is 5.38 Å². The number of thiazole rings is 1. The van der Waals surface area contributed by atoms with Gasteiger partial charge in [0.1, 0.15) is 11.5 Å². The minimum atomic E-state index is -0.422. The number of aromatic nitrogens is 2. The molecule has 1 amide bonds. The third kappa shape index (κ3) is 3.25. The summed E-state index contributed by atoms with van der Waals surface area (Å²) in [6, 6.07) is 2.84. The molecule has 7 heteroatoms.